The van der Waals surface area contributed by atoms with Crippen LogP contribution in [0.25, 0.3) is 10.9 Å². The van der Waals surface area contributed by atoms with Crippen molar-refractivity contribution in [2.75, 3.05) is 19.7 Å². The number of H-pyrrole nitrogens is 2. The number of nitrogens with one attached hydrogen (secondary N) is 4. The smallest absolute Gasteiger partial charge is 0.358 e. The quantitative estimate of drug-likeness (QED) is 0.229. The Labute approximate surface area is 247 Å². The van der Waals surface area contributed by atoms with E-state index in [1.807, 2.05) is 49.2 Å². The van der Waals surface area contributed by atoms with Gasteiger partial charge < -0.3 is 30.2 Å². The van der Waals surface area contributed by atoms with Crippen molar-refractivity contribution in [1.82, 2.24) is 30.5 Å². The highest BCUT2D eigenvalue weighted by molar-refractivity contribution is 5.90. The zero-order valence-electron chi connectivity index (χ0n) is 25.0. The van der Waals surface area contributed by atoms with E-state index in [4.69, 9.17) is 9.72 Å². The largest absolute Gasteiger partial charge is 0.461 e. The number of benzene rings is 1. The van der Waals surface area contributed by atoms with Crippen LogP contribution in [0.2, 0.25) is 0 Å². The zero-order valence-corrected chi connectivity index (χ0v) is 25.0. The first kappa shape index (κ1) is 29.7. The number of nitrogens with zero attached hydrogens (tertiary/aromatic N) is 2. The molecule has 1 aliphatic heterocycles. The third kappa shape index (κ3) is 7.14. The Morgan fingerprint density at radius 2 is 1.81 bits per heavy atom. The molecule has 1 aromatic carbocycles. The normalized spacial score (nSPS) is 17.1. The van der Waals surface area contributed by atoms with Gasteiger partial charge in [-0.3, -0.25) is 4.79 Å². The Bertz CT molecular complexity index is 1380. The number of hydrogen-bond donors (Lipinski definition) is 4. The van der Waals surface area contributed by atoms with Crippen LogP contribution in [0.1, 0.15) is 105 Å². The SMILES string of the molecule is CCOC(=O)c1nc([C@@H](Cc2c[nH]c3ccccc23)NC(=O)[C@H](CC(C)C)NC(=O)N2CCCCCC2)[nH]c1C1CC1. The molecule has 5 rings (SSSR count). The summed E-state index contributed by atoms with van der Waals surface area (Å²) >= 11 is 0. The molecule has 0 unspecified atom stereocenters. The minimum absolute atomic E-state index is 0.190. The Hall–Kier alpha value is -3.82. The summed E-state index contributed by atoms with van der Waals surface area (Å²) in [5.41, 5.74) is 3.09. The van der Waals surface area contributed by atoms with Crippen molar-refractivity contribution in [2.45, 2.75) is 90.1 Å². The van der Waals surface area contributed by atoms with Gasteiger partial charge in [0.15, 0.2) is 5.69 Å². The van der Waals surface area contributed by atoms with Crippen molar-refractivity contribution in [3.05, 3.63) is 53.2 Å². The predicted molar refractivity (Wildman–Crippen MR) is 161 cm³/mol. The van der Waals surface area contributed by atoms with Crippen molar-refractivity contribution in [3.63, 3.8) is 0 Å². The van der Waals surface area contributed by atoms with Gasteiger partial charge in [-0.15, -0.1) is 0 Å². The summed E-state index contributed by atoms with van der Waals surface area (Å²) < 4.78 is 5.31. The molecule has 2 atom stereocenters. The van der Waals surface area contributed by atoms with E-state index in [1.165, 1.54) is 0 Å². The monoisotopic (exact) mass is 576 g/mol. The topological polar surface area (TPSA) is 132 Å². The van der Waals surface area contributed by atoms with Crippen LogP contribution in [0.3, 0.4) is 0 Å². The van der Waals surface area contributed by atoms with E-state index in [0.29, 0.717) is 37.4 Å². The van der Waals surface area contributed by atoms with Gasteiger partial charge in [0.2, 0.25) is 5.91 Å². The minimum atomic E-state index is -0.700. The number of para-hydroxylation sites is 1. The number of amides is 3. The molecule has 10 heteroatoms. The predicted octanol–water partition coefficient (Wildman–Crippen LogP) is 5.35. The number of esters is 1. The second-order valence-corrected chi connectivity index (χ2v) is 12.0. The van der Waals surface area contributed by atoms with E-state index in [-0.39, 0.29) is 30.4 Å². The molecule has 1 saturated carbocycles. The molecule has 1 saturated heterocycles. The molecule has 10 nitrogen and oxygen atoms in total. The summed E-state index contributed by atoms with van der Waals surface area (Å²) in [6.45, 7) is 7.53. The zero-order chi connectivity index (χ0) is 29.6. The van der Waals surface area contributed by atoms with E-state index in [0.717, 1.165) is 60.7 Å². The number of aromatic nitrogens is 3. The van der Waals surface area contributed by atoms with Gasteiger partial charge in [-0.25, -0.2) is 14.6 Å². The van der Waals surface area contributed by atoms with Crippen LogP contribution >= 0.6 is 0 Å². The Balaban J connectivity index is 1.43. The van der Waals surface area contributed by atoms with Crippen LogP contribution < -0.4 is 10.6 Å². The first-order valence-corrected chi connectivity index (χ1v) is 15.5. The number of likely N-dealkylation sites (tertiary alicyclic amines) is 1. The number of hydrogen-bond acceptors (Lipinski definition) is 5. The van der Waals surface area contributed by atoms with Gasteiger partial charge in [0.05, 0.1) is 18.3 Å². The molecule has 226 valence electrons. The first-order chi connectivity index (χ1) is 20.3. The number of rotatable bonds is 11. The van der Waals surface area contributed by atoms with E-state index < -0.39 is 18.1 Å². The third-order valence-corrected chi connectivity index (χ3v) is 8.16. The molecule has 2 fully saturated rings. The average Bonchev–Trinajstić information content (AvgIpc) is 3.68. The fourth-order valence-corrected chi connectivity index (χ4v) is 5.82. The summed E-state index contributed by atoms with van der Waals surface area (Å²) in [5.74, 6) is 0.218. The van der Waals surface area contributed by atoms with Crippen LogP contribution in [0, 0.1) is 5.92 Å². The van der Waals surface area contributed by atoms with Gasteiger partial charge in [-0.2, -0.15) is 0 Å². The maximum atomic E-state index is 13.9. The molecule has 42 heavy (non-hydrogen) atoms. The molecular formula is C32H44N6O4. The lowest BCUT2D eigenvalue weighted by atomic mass is 10.0. The molecule has 0 bridgehead atoms. The highest BCUT2D eigenvalue weighted by atomic mass is 16.5. The molecule has 2 aliphatic rings. The minimum Gasteiger partial charge on any atom is -0.461 e. The van der Waals surface area contributed by atoms with Crippen molar-refractivity contribution < 1.29 is 19.1 Å². The fourth-order valence-electron chi connectivity index (χ4n) is 5.82. The van der Waals surface area contributed by atoms with Crippen molar-refractivity contribution in [1.29, 1.82) is 0 Å². The molecule has 3 amide bonds. The maximum absolute atomic E-state index is 13.9. The number of ether oxygens (including phenoxy) is 1. The summed E-state index contributed by atoms with van der Waals surface area (Å²) in [5, 5.41) is 7.30. The lowest BCUT2D eigenvalue weighted by Gasteiger charge is -2.27. The summed E-state index contributed by atoms with van der Waals surface area (Å²) in [6.07, 6.45) is 9.06. The van der Waals surface area contributed by atoms with Gasteiger partial charge in [-0.05, 0) is 56.6 Å². The maximum Gasteiger partial charge on any atom is 0.358 e. The van der Waals surface area contributed by atoms with Crippen LogP contribution in [-0.4, -0.2) is 63.5 Å². The van der Waals surface area contributed by atoms with Gasteiger partial charge in [0.25, 0.3) is 0 Å². The molecular weight excluding hydrogens is 532 g/mol. The second-order valence-electron chi connectivity index (χ2n) is 12.0. The van der Waals surface area contributed by atoms with Crippen LogP contribution in [0.5, 0.6) is 0 Å². The van der Waals surface area contributed by atoms with Gasteiger partial charge in [0.1, 0.15) is 11.9 Å². The van der Waals surface area contributed by atoms with Crippen molar-refractivity contribution in [3.8, 4) is 0 Å². The van der Waals surface area contributed by atoms with Gasteiger partial charge in [0, 0.05) is 42.5 Å². The number of carbonyl (C=O) groups excluding carboxylic acids is 3. The Morgan fingerprint density at radius 3 is 2.50 bits per heavy atom. The lowest BCUT2D eigenvalue weighted by Crippen LogP contribution is -2.52. The summed E-state index contributed by atoms with van der Waals surface area (Å²) in [7, 11) is 0. The number of imidazole rings is 1. The van der Waals surface area contributed by atoms with E-state index in [9.17, 15) is 14.4 Å². The number of carbonyl (C=O) groups is 3. The highest BCUT2D eigenvalue weighted by Gasteiger charge is 2.35. The third-order valence-electron chi connectivity index (χ3n) is 8.16. The fraction of sp³-hybridized carbons (Fsp3) is 0.562. The van der Waals surface area contributed by atoms with Gasteiger partial charge in [-0.1, -0.05) is 44.9 Å². The van der Waals surface area contributed by atoms with E-state index >= 15 is 0 Å². The summed E-state index contributed by atoms with van der Waals surface area (Å²) in [6, 6.07) is 6.58. The number of fused-ring (bicyclic) bond motifs is 1. The Kier molecular flexibility index (Phi) is 9.49. The Morgan fingerprint density at radius 1 is 1.07 bits per heavy atom. The van der Waals surface area contributed by atoms with Gasteiger partial charge >= 0.3 is 12.0 Å². The number of aromatic amines is 2. The standard InChI is InChI=1S/C32H44N6O4/c1-4-42-31(40)28-27(21-13-14-21)36-29(37-28)25(18-22-19-33-24-12-8-7-11-23(22)24)34-30(39)26(17-20(2)3)35-32(41)38-15-9-5-6-10-16-38/h7-8,11-12,19-21,25-26,33H,4-6,9-10,13-18H2,1-3H3,(H,34,39)(H,35,41)(H,36,37)/t25-,26+/m1/s1. The lowest BCUT2D eigenvalue weighted by molar-refractivity contribution is -0.124. The molecule has 1 aliphatic carbocycles. The summed E-state index contributed by atoms with van der Waals surface area (Å²) in [4.78, 5) is 53.2. The molecule has 2 aromatic heterocycles. The average molecular weight is 577 g/mol. The molecule has 0 radical (unpaired) electrons. The first-order valence-electron chi connectivity index (χ1n) is 15.5. The van der Waals surface area contributed by atoms with Crippen molar-refractivity contribution >= 4 is 28.8 Å². The van der Waals surface area contributed by atoms with E-state index in [1.54, 1.807) is 6.92 Å². The van der Waals surface area contributed by atoms with E-state index in [2.05, 4.69) is 20.6 Å². The van der Waals surface area contributed by atoms with Crippen molar-refractivity contribution in [2.24, 2.45) is 5.92 Å². The van der Waals surface area contributed by atoms with Crippen LogP contribution in [0.4, 0.5) is 4.79 Å². The molecule has 0 spiro atoms. The highest BCUT2D eigenvalue weighted by Crippen LogP contribution is 2.41. The number of urea groups is 1. The molecule has 3 heterocycles. The second kappa shape index (κ2) is 13.4. The molecule has 4 N–H and O–H groups in total. The van der Waals surface area contributed by atoms with Crippen LogP contribution in [0.15, 0.2) is 30.5 Å². The van der Waals surface area contributed by atoms with Crippen LogP contribution in [-0.2, 0) is 16.0 Å². The molecule has 3 aromatic rings.